The van der Waals surface area contributed by atoms with Crippen molar-refractivity contribution in [3.8, 4) is 0 Å². The number of imidazole rings is 1. The number of benzene rings is 1. The number of carbonyl (C=O) groups is 1. The van der Waals surface area contributed by atoms with Gasteiger partial charge in [0.1, 0.15) is 5.82 Å². The molecule has 0 saturated heterocycles. The van der Waals surface area contributed by atoms with Crippen LogP contribution in [0.5, 0.6) is 0 Å². The fourth-order valence-corrected chi connectivity index (χ4v) is 4.22. The predicted octanol–water partition coefficient (Wildman–Crippen LogP) is 2.72. The van der Waals surface area contributed by atoms with Gasteiger partial charge in [0.15, 0.2) is 0 Å². The summed E-state index contributed by atoms with van der Waals surface area (Å²) in [6, 6.07) is 8.27. The molecular weight excluding hydrogens is 312 g/mol. The molecule has 3 atom stereocenters. The lowest BCUT2D eigenvalue weighted by Crippen LogP contribution is -2.48. The Bertz CT molecular complexity index is 769. The molecule has 1 aromatic carbocycles. The molecule has 5 heteroatoms. The first-order valence-corrected chi connectivity index (χ1v) is 9.30. The number of anilines is 1. The fraction of sp³-hybridized carbons (Fsp3) is 0.500. The predicted molar refractivity (Wildman–Crippen MR) is 98.8 cm³/mol. The highest BCUT2D eigenvalue weighted by Gasteiger charge is 2.33. The first-order valence-electron chi connectivity index (χ1n) is 9.30. The number of para-hydroxylation sites is 1. The van der Waals surface area contributed by atoms with E-state index in [2.05, 4.69) is 40.1 Å². The molecule has 4 rings (SSSR count). The second kappa shape index (κ2) is 6.64. The molecule has 0 unspecified atom stereocenters. The van der Waals surface area contributed by atoms with Gasteiger partial charge in [0.25, 0.3) is 0 Å². The van der Waals surface area contributed by atoms with E-state index >= 15 is 0 Å². The highest BCUT2D eigenvalue weighted by atomic mass is 16.2. The largest absolute Gasteiger partial charge is 0.335 e. The van der Waals surface area contributed by atoms with Gasteiger partial charge >= 0.3 is 0 Å². The number of rotatable bonds is 4. The molecule has 0 saturated carbocycles. The van der Waals surface area contributed by atoms with Gasteiger partial charge in [-0.2, -0.15) is 0 Å². The molecule has 2 aliphatic rings. The van der Waals surface area contributed by atoms with Crippen molar-refractivity contribution in [2.24, 2.45) is 0 Å². The Labute approximate surface area is 149 Å². The maximum Gasteiger partial charge on any atom is 0.244 e. The lowest BCUT2D eigenvalue weighted by molar-refractivity contribution is -0.120. The molecule has 0 radical (unpaired) electrons. The van der Waals surface area contributed by atoms with Gasteiger partial charge < -0.3 is 14.8 Å². The number of aryl methyl sites for hydroxylation is 1. The summed E-state index contributed by atoms with van der Waals surface area (Å²) in [4.78, 5) is 19.5. The van der Waals surface area contributed by atoms with Crippen molar-refractivity contribution in [1.29, 1.82) is 0 Å². The average Bonchev–Trinajstić information content (AvgIpc) is 3.22. The Morgan fingerprint density at radius 2 is 2.24 bits per heavy atom. The Hall–Kier alpha value is -2.14. The topological polar surface area (TPSA) is 50.2 Å². The fourth-order valence-electron chi connectivity index (χ4n) is 4.22. The van der Waals surface area contributed by atoms with Crippen LogP contribution in [0.2, 0.25) is 0 Å². The summed E-state index contributed by atoms with van der Waals surface area (Å²) in [6.45, 7) is 5.96. The molecule has 0 bridgehead atoms. The van der Waals surface area contributed by atoms with E-state index in [-0.39, 0.29) is 18.0 Å². The number of carbonyl (C=O) groups excluding carboxylic acids is 1. The molecule has 1 aromatic heterocycles. The van der Waals surface area contributed by atoms with Crippen molar-refractivity contribution >= 4 is 11.6 Å². The van der Waals surface area contributed by atoms with Crippen LogP contribution < -0.4 is 10.2 Å². The summed E-state index contributed by atoms with van der Waals surface area (Å²) >= 11 is 0. The van der Waals surface area contributed by atoms with Gasteiger partial charge in [0.05, 0.1) is 6.04 Å². The maximum atomic E-state index is 13.0. The zero-order valence-electron chi connectivity index (χ0n) is 15.0. The van der Waals surface area contributed by atoms with Crippen LogP contribution in [-0.4, -0.2) is 34.1 Å². The summed E-state index contributed by atoms with van der Waals surface area (Å²) in [5.74, 6) is 1.71. The SMILES string of the molecule is C[C@H](NC[C@@H]1CCCn2ccnc21)C(=O)N1c2ccccc2C[C@@H]1C. The summed E-state index contributed by atoms with van der Waals surface area (Å²) < 4.78 is 2.24. The van der Waals surface area contributed by atoms with E-state index < -0.39 is 0 Å². The number of nitrogens with one attached hydrogen (secondary N) is 1. The van der Waals surface area contributed by atoms with Crippen LogP contribution in [0.1, 0.15) is 44.0 Å². The molecule has 132 valence electrons. The number of fused-ring (bicyclic) bond motifs is 2. The van der Waals surface area contributed by atoms with E-state index in [0.29, 0.717) is 5.92 Å². The van der Waals surface area contributed by atoms with E-state index in [0.717, 1.165) is 37.4 Å². The molecule has 1 amide bonds. The average molecular weight is 338 g/mol. The lowest BCUT2D eigenvalue weighted by atomic mass is 9.98. The molecule has 25 heavy (non-hydrogen) atoms. The van der Waals surface area contributed by atoms with E-state index in [1.807, 2.05) is 30.2 Å². The number of amides is 1. The quantitative estimate of drug-likeness (QED) is 0.932. The number of hydrogen-bond acceptors (Lipinski definition) is 3. The molecule has 2 aliphatic heterocycles. The molecule has 5 nitrogen and oxygen atoms in total. The second-order valence-electron chi connectivity index (χ2n) is 7.34. The van der Waals surface area contributed by atoms with Crippen LogP contribution >= 0.6 is 0 Å². The van der Waals surface area contributed by atoms with Crippen molar-refractivity contribution in [2.45, 2.75) is 57.7 Å². The molecular formula is C20H26N4O. The number of nitrogens with zero attached hydrogens (tertiary/aromatic N) is 3. The first-order chi connectivity index (χ1) is 12.1. The van der Waals surface area contributed by atoms with Crippen molar-refractivity contribution in [1.82, 2.24) is 14.9 Å². The van der Waals surface area contributed by atoms with Gasteiger partial charge in [-0.25, -0.2) is 4.98 Å². The summed E-state index contributed by atoms with van der Waals surface area (Å²) in [5.41, 5.74) is 2.34. The standard InChI is InChI=1S/C20H26N4O/c1-14-12-16-6-3-4-8-18(16)24(14)20(25)15(2)22-13-17-7-5-10-23-11-9-21-19(17)23/h3-4,6,8-9,11,14-15,17,22H,5,7,10,12-13H2,1-2H3/t14-,15-,17-/m0/s1. The van der Waals surface area contributed by atoms with Crippen molar-refractivity contribution in [2.75, 3.05) is 11.4 Å². The molecule has 3 heterocycles. The summed E-state index contributed by atoms with van der Waals surface area (Å²) in [7, 11) is 0. The zero-order valence-corrected chi connectivity index (χ0v) is 15.0. The third-order valence-electron chi connectivity index (χ3n) is 5.55. The third-order valence-corrected chi connectivity index (χ3v) is 5.55. The van der Waals surface area contributed by atoms with Crippen LogP contribution in [0.15, 0.2) is 36.7 Å². The van der Waals surface area contributed by atoms with E-state index in [1.165, 1.54) is 12.0 Å². The monoisotopic (exact) mass is 338 g/mol. The smallest absolute Gasteiger partial charge is 0.244 e. The van der Waals surface area contributed by atoms with Gasteiger partial charge in [0, 0.05) is 43.1 Å². The van der Waals surface area contributed by atoms with Crippen LogP contribution in [-0.2, 0) is 17.8 Å². The van der Waals surface area contributed by atoms with Crippen molar-refractivity contribution < 1.29 is 4.79 Å². The Morgan fingerprint density at radius 1 is 1.40 bits per heavy atom. The maximum absolute atomic E-state index is 13.0. The second-order valence-corrected chi connectivity index (χ2v) is 7.34. The van der Waals surface area contributed by atoms with Gasteiger partial charge in [-0.05, 0) is 44.7 Å². The van der Waals surface area contributed by atoms with Crippen LogP contribution in [0.25, 0.3) is 0 Å². The van der Waals surface area contributed by atoms with Crippen LogP contribution in [0, 0.1) is 0 Å². The molecule has 0 fully saturated rings. The number of hydrogen-bond donors (Lipinski definition) is 1. The van der Waals surface area contributed by atoms with E-state index in [1.54, 1.807) is 0 Å². The van der Waals surface area contributed by atoms with Crippen LogP contribution in [0.3, 0.4) is 0 Å². The van der Waals surface area contributed by atoms with Gasteiger partial charge in [-0.1, -0.05) is 18.2 Å². The van der Waals surface area contributed by atoms with Crippen molar-refractivity contribution in [3.05, 3.63) is 48.0 Å². The minimum Gasteiger partial charge on any atom is -0.335 e. The Balaban J connectivity index is 1.42. The van der Waals surface area contributed by atoms with Gasteiger partial charge in [-0.15, -0.1) is 0 Å². The molecule has 2 aromatic rings. The van der Waals surface area contributed by atoms with Gasteiger partial charge in [-0.3, -0.25) is 4.79 Å². The molecule has 0 spiro atoms. The molecule has 1 N–H and O–H groups in total. The van der Waals surface area contributed by atoms with E-state index in [9.17, 15) is 4.79 Å². The first kappa shape index (κ1) is 16.3. The van der Waals surface area contributed by atoms with Gasteiger partial charge in [0.2, 0.25) is 5.91 Å². The minimum absolute atomic E-state index is 0.164. The highest BCUT2D eigenvalue weighted by Crippen LogP contribution is 2.32. The highest BCUT2D eigenvalue weighted by molar-refractivity contribution is 5.99. The summed E-state index contributed by atoms with van der Waals surface area (Å²) in [5, 5.41) is 3.47. The normalized spacial score (nSPS) is 23.2. The Morgan fingerprint density at radius 3 is 3.12 bits per heavy atom. The number of aromatic nitrogens is 2. The summed E-state index contributed by atoms with van der Waals surface area (Å²) in [6.07, 6.45) is 7.18. The Kier molecular flexibility index (Phi) is 4.34. The minimum atomic E-state index is -0.195. The lowest BCUT2D eigenvalue weighted by Gasteiger charge is -2.29. The van der Waals surface area contributed by atoms with Crippen LogP contribution in [0.4, 0.5) is 5.69 Å². The zero-order chi connectivity index (χ0) is 17.4. The van der Waals surface area contributed by atoms with E-state index in [4.69, 9.17) is 0 Å². The third kappa shape index (κ3) is 2.97. The molecule has 0 aliphatic carbocycles. The van der Waals surface area contributed by atoms with Crippen molar-refractivity contribution in [3.63, 3.8) is 0 Å².